The zero-order chi connectivity index (χ0) is 17.4. The molecule has 0 saturated heterocycles. The fraction of sp³-hybridized carbons (Fsp3) is 0.421. The molecule has 0 aliphatic carbocycles. The van der Waals surface area contributed by atoms with Gasteiger partial charge in [0, 0.05) is 31.4 Å². The van der Waals surface area contributed by atoms with Crippen molar-refractivity contribution in [1.82, 2.24) is 15.3 Å². The number of carbonyl (C=O) groups is 1. The van der Waals surface area contributed by atoms with Crippen molar-refractivity contribution in [1.29, 1.82) is 0 Å². The first-order valence-electron chi connectivity index (χ1n) is 8.41. The van der Waals surface area contributed by atoms with Crippen LogP contribution in [0, 0.1) is 12.8 Å². The first kappa shape index (κ1) is 18.1. The summed E-state index contributed by atoms with van der Waals surface area (Å²) in [6.45, 7) is 6.95. The second-order valence-corrected chi connectivity index (χ2v) is 6.41. The van der Waals surface area contributed by atoms with Crippen LogP contribution >= 0.6 is 0 Å². The Morgan fingerprint density at radius 2 is 2.00 bits per heavy atom. The van der Waals surface area contributed by atoms with Crippen LogP contribution < -0.4 is 10.6 Å². The summed E-state index contributed by atoms with van der Waals surface area (Å²) >= 11 is 0. The third-order valence-electron chi connectivity index (χ3n) is 3.67. The number of hydrogen-bond acceptors (Lipinski definition) is 4. The number of amides is 1. The van der Waals surface area contributed by atoms with E-state index < -0.39 is 0 Å². The molecule has 5 nitrogen and oxygen atoms in total. The molecule has 2 aromatic heterocycles. The van der Waals surface area contributed by atoms with Gasteiger partial charge in [-0.25, -0.2) is 4.98 Å². The molecule has 0 radical (unpaired) electrons. The summed E-state index contributed by atoms with van der Waals surface area (Å²) in [5.74, 6) is 1.10. The molecular weight excluding hydrogens is 300 g/mol. The maximum absolute atomic E-state index is 12.0. The van der Waals surface area contributed by atoms with E-state index in [0.717, 1.165) is 17.7 Å². The maximum Gasteiger partial charge on any atom is 0.226 e. The standard InChI is InChI=1S/C19H26N4O/c1-14(2)12-17(16-6-4-5-10-20-16)21-11-9-19(24)23-18-8-7-15(3)13-22-18/h4-8,10,13-14,17,21H,9,11-12H2,1-3H3,(H,22,23,24)/t17-/m1/s1. The van der Waals surface area contributed by atoms with Crippen molar-refractivity contribution in [2.45, 2.75) is 39.7 Å². The Morgan fingerprint density at radius 1 is 1.17 bits per heavy atom. The molecule has 2 N–H and O–H groups in total. The molecule has 128 valence electrons. The molecule has 1 atom stereocenters. The number of aromatic nitrogens is 2. The molecule has 0 aliphatic heterocycles. The Kier molecular flexibility index (Phi) is 6.88. The average molecular weight is 326 g/mol. The minimum absolute atomic E-state index is 0.0387. The molecule has 24 heavy (non-hydrogen) atoms. The number of nitrogens with one attached hydrogen (secondary N) is 2. The molecule has 0 spiro atoms. The third kappa shape index (κ3) is 6.08. The molecule has 0 aliphatic rings. The number of carbonyl (C=O) groups excluding carboxylic acids is 1. The van der Waals surface area contributed by atoms with Gasteiger partial charge < -0.3 is 10.6 Å². The predicted octanol–water partition coefficient (Wildman–Crippen LogP) is 3.49. The number of aryl methyl sites for hydroxylation is 1. The summed E-state index contributed by atoms with van der Waals surface area (Å²) in [6.07, 6.45) is 4.93. The molecule has 0 saturated carbocycles. The Morgan fingerprint density at radius 3 is 2.62 bits per heavy atom. The smallest absolute Gasteiger partial charge is 0.226 e. The lowest BCUT2D eigenvalue weighted by Gasteiger charge is -2.20. The molecule has 0 aromatic carbocycles. The van der Waals surface area contributed by atoms with Crippen LogP contribution in [0.15, 0.2) is 42.7 Å². The van der Waals surface area contributed by atoms with Crippen molar-refractivity contribution < 1.29 is 4.79 Å². The number of rotatable bonds is 8. The Labute approximate surface area is 143 Å². The molecule has 0 bridgehead atoms. The third-order valence-corrected chi connectivity index (χ3v) is 3.67. The van der Waals surface area contributed by atoms with Gasteiger partial charge in [-0.05, 0) is 43.0 Å². The lowest BCUT2D eigenvalue weighted by molar-refractivity contribution is -0.116. The van der Waals surface area contributed by atoms with E-state index >= 15 is 0 Å². The summed E-state index contributed by atoms with van der Waals surface area (Å²) in [6, 6.07) is 9.84. The highest BCUT2D eigenvalue weighted by atomic mass is 16.1. The van der Waals surface area contributed by atoms with Gasteiger partial charge in [0.15, 0.2) is 0 Å². The van der Waals surface area contributed by atoms with Crippen LogP contribution in [0.2, 0.25) is 0 Å². The van der Waals surface area contributed by atoms with Gasteiger partial charge in [-0.2, -0.15) is 0 Å². The van der Waals surface area contributed by atoms with Gasteiger partial charge in [-0.3, -0.25) is 9.78 Å². The normalized spacial score (nSPS) is 12.2. The highest BCUT2D eigenvalue weighted by molar-refractivity contribution is 5.89. The van der Waals surface area contributed by atoms with Crippen LogP contribution in [0.1, 0.15) is 44.0 Å². The van der Waals surface area contributed by atoms with E-state index in [-0.39, 0.29) is 11.9 Å². The van der Waals surface area contributed by atoms with Crippen molar-refractivity contribution >= 4 is 11.7 Å². The molecule has 0 unspecified atom stereocenters. The van der Waals surface area contributed by atoms with Crippen molar-refractivity contribution in [2.75, 3.05) is 11.9 Å². The van der Waals surface area contributed by atoms with Crippen LogP contribution in [0.4, 0.5) is 5.82 Å². The lowest BCUT2D eigenvalue weighted by Crippen LogP contribution is -2.27. The first-order chi connectivity index (χ1) is 11.5. The summed E-state index contributed by atoms with van der Waals surface area (Å²) in [5.41, 5.74) is 2.09. The number of nitrogens with zero attached hydrogens (tertiary/aromatic N) is 2. The monoisotopic (exact) mass is 326 g/mol. The molecule has 0 fully saturated rings. The van der Waals surface area contributed by atoms with Crippen LogP contribution in [-0.4, -0.2) is 22.4 Å². The summed E-state index contributed by atoms with van der Waals surface area (Å²) in [5, 5.41) is 6.27. The largest absolute Gasteiger partial charge is 0.311 e. The van der Waals surface area contributed by atoms with Gasteiger partial charge in [-0.15, -0.1) is 0 Å². The molecule has 5 heteroatoms. The van der Waals surface area contributed by atoms with Crippen molar-refractivity contribution in [2.24, 2.45) is 5.92 Å². The van der Waals surface area contributed by atoms with Gasteiger partial charge in [0.1, 0.15) is 5.82 Å². The zero-order valence-electron chi connectivity index (χ0n) is 14.6. The predicted molar refractivity (Wildman–Crippen MR) is 96.7 cm³/mol. The first-order valence-corrected chi connectivity index (χ1v) is 8.41. The summed E-state index contributed by atoms with van der Waals surface area (Å²) in [4.78, 5) is 20.6. The van der Waals surface area contributed by atoms with Gasteiger partial charge in [0.25, 0.3) is 0 Å². The molecule has 2 heterocycles. The topological polar surface area (TPSA) is 66.9 Å². The van der Waals surface area contributed by atoms with E-state index in [1.54, 1.807) is 12.4 Å². The minimum atomic E-state index is -0.0387. The quantitative estimate of drug-likeness (QED) is 0.779. The van der Waals surface area contributed by atoms with Gasteiger partial charge in [0.05, 0.1) is 5.69 Å². The van der Waals surface area contributed by atoms with E-state index in [2.05, 4.69) is 34.4 Å². The van der Waals surface area contributed by atoms with E-state index in [1.165, 1.54) is 0 Å². The fourth-order valence-corrected chi connectivity index (χ4v) is 2.47. The van der Waals surface area contributed by atoms with Crippen molar-refractivity contribution in [3.8, 4) is 0 Å². The fourth-order valence-electron chi connectivity index (χ4n) is 2.47. The van der Waals surface area contributed by atoms with E-state index in [4.69, 9.17) is 0 Å². The zero-order valence-corrected chi connectivity index (χ0v) is 14.6. The number of pyridine rings is 2. The van der Waals surface area contributed by atoms with Crippen molar-refractivity contribution in [3.05, 3.63) is 54.0 Å². The minimum Gasteiger partial charge on any atom is -0.311 e. The Balaban J connectivity index is 1.83. The lowest BCUT2D eigenvalue weighted by atomic mass is 10.0. The van der Waals surface area contributed by atoms with E-state index in [1.807, 2.05) is 37.3 Å². The SMILES string of the molecule is Cc1ccc(NC(=O)CCN[C@H](CC(C)C)c2ccccn2)nc1. The van der Waals surface area contributed by atoms with Crippen LogP contribution in [0.5, 0.6) is 0 Å². The van der Waals surface area contributed by atoms with Crippen molar-refractivity contribution in [3.63, 3.8) is 0 Å². The summed E-state index contributed by atoms with van der Waals surface area (Å²) in [7, 11) is 0. The molecule has 2 rings (SSSR count). The van der Waals surface area contributed by atoms with Gasteiger partial charge in [0.2, 0.25) is 5.91 Å². The molecule has 1 amide bonds. The van der Waals surface area contributed by atoms with Gasteiger partial charge >= 0.3 is 0 Å². The highest BCUT2D eigenvalue weighted by Gasteiger charge is 2.14. The second-order valence-electron chi connectivity index (χ2n) is 6.41. The number of hydrogen-bond donors (Lipinski definition) is 2. The second kappa shape index (κ2) is 9.13. The van der Waals surface area contributed by atoms with E-state index in [9.17, 15) is 4.79 Å². The Hall–Kier alpha value is -2.27. The highest BCUT2D eigenvalue weighted by Crippen LogP contribution is 2.19. The molecular formula is C19H26N4O. The average Bonchev–Trinajstić information content (AvgIpc) is 2.56. The van der Waals surface area contributed by atoms with Crippen LogP contribution in [0.25, 0.3) is 0 Å². The van der Waals surface area contributed by atoms with Crippen LogP contribution in [-0.2, 0) is 4.79 Å². The van der Waals surface area contributed by atoms with Crippen LogP contribution in [0.3, 0.4) is 0 Å². The summed E-state index contributed by atoms with van der Waals surface area (Å²) < 4.78 is 0. The van der Waals surface area contributed by atoms with E-state index in [0.29, 0.717) is 24.7 Å². The number of anilines is 1. The molecule has 2 aromatic rings. The van der Waals surface area contributed by atoms with Gasteiger partial charge in [-0.1, -0.05) is 26.0 Å². The maximum atomic E-state index is 12.0. The Bertz CT molecular complexity index is 626.